The molecule has 1 aromatic heterocycles. The Labute approximate surface area is 92.1 Å². The zero-order chi connectivity index (χ0) is 10.3. The Morgan fingerprint density at radius 1 is 1.20 bits per heavy atom. The first-order chi connectivity index (χ1) is 7.33. The average Bonchev–Trinajstić information content (AvgIpc) is 2.84. The van der Waals surface area contributed by atoms with Crippen LogP contribution in [0.4, 0.5) is 0 Å². The molecule has 0 fully saturated rings. The smallest absolute Gasteiger partial charge is 0.264 e. The van der Waals surface area contributed by atoms with E-state index < -0.39 is 0 Å². The number of nitrogens with zero attached hydrogens (tertiary/aromatic N) is 2. The van der Waals surface area contributed by atoms with Crippen molar-refractivity contribution in [1.82, 2.24) is 10.1 Å². The van der Waals surface area contributed by atoms with Gasteiger partial charge < -0.3 is 4.52 Å². The Balaban J connectivity index is 2.06. The molecule has 0 saturated carbocycles. The highest BCUT2D eigenvalue weighted by Gasteiger charge is 2.13. The van der Waals surface area contributed by atoms with Gasteiger partial charge >= 0.3 is 0 Å². The molecule has 0 atom stereocenters. The number of rotatable bonds is 1. The van der Waals surface area contributed by atoms with Gasteiger partial charge in [0, 0.05) is 5.56 Å². The number of hydrogen-bond donors (Lipinski definition) is 0. The van der Waals surface area contributed by atoms with Crippen LogP contribution in [0.25, 0.3) is 11.5 Å². The molecule has 1 aromatic carbocycles. The lowest BCUT2D eigenvalue weighted by atomic mass is 10.1. The molecule has 0 N–H and O–H groups in total. The first-order valence-corrected chi connectivity index (χ1v) is 5.32. The third kappa shape index (κ3) is 1.53. The SMILES string of the molecule is Clc1noc(-c2ccc3c(c2)CCC3)n1. The van der Waals surface area contributed by atoms with Crippen LogP contribution in [0.2, 0.25) is 5.28 Å². The van der Waals surface area contributed by atoms with E-state index in [0.717, 1.165) is 12.0 Å². The zero-order valence-corrected chi connectivity index (χ0v) is 8.79. The topological polar surface area (TPSA) is 38.9 Å². The van der Waals surface area contributed by atoms with Crippen molar-refractivity contribution in [1.29, 1.82) is 0 Å². The lowest BCUT2D eigenvalue weighted by Crippen LogP contribution is -1.84. The van der Waals surface area contributed by atoms with Crippen LogP contribution in [0.3, 0.4) is 0 Å². The van der Waals surface area contributed by atoms with E-state index in [2.05, 4.69) is 22.3 Å². The summed E-state index contributed by atoms with van der Waals surface area (Å²) in [5.74, 6) is 0.495. The van der Waals surface area contributed by atoms with Crippen molar-refractivity contribution in [2.45, 2.75) is 19.3 Å². The van der Waals surface area contributed by atoms with Crippen LogP contribution in [0.1, 0.15) is 17.5 Å². The Bertz CT molecular complexity index is 507. The summed E-state index contributed by atoms with van der Waals surface area (Å²) in [5.41, 5.74) is 3.78. The fraction of sp³-hybridized carbons (Fsp3) is 0.273. The number of halogens is 1. The molecule has 1 heterocycles. The molecule has 0 aliphatic heterocycles. The summed E-state index contributed by atoms with van der Waals surface area (Å²) in [6, 6.07) is 6.26. The molecule has 3 rings (SSSR count). The molecule has 1 aliphatic carbocycles. The van der Waals surface area contributed by atoms with E-state index in [1.165, 1.54) is 24.0 Å². The monoisotopic (exact) mass is 220 g/mol. The normalized spacial score (nSPS) is 14.2. The molecule has 0 radical (unpaired) electrons. The summed E-state index contributed by atoms with van der Waals surface area (Å²) in [6.07, 6.45) is 3.56. The van der Waals surface area contributed by atoms with Gasteiger partial charge in [0.1, 0.15) is 0 Å². The number of fused-ring (bicyclic) bond motifs is 1. The molecule has 2 aromatic rings. The molecule has 0 bridgehead atoms. The standard InChI is InChI=1S/C11H9ClN2O/c12-11-13-10(15-14-11)9-5-4-7-2-1-3-8(7)6-9/h4-6H,1-3H2. The number of hydrogen-bond acceptors (Lipinski definition) is 3. The number of aryl methyl sites for hydroxylation is 2. The number of aromatic nitrogens is 2. The molecule has 1 aliphatic rings. The molecule has 0 saturated heterocycles. The second-order valence-electron chi connectivity index (χ2n) is 3.71. The predicted molar refractivity (Wildman–Crippen MR) is 56.8 cm³/mol. The Hall–Kier alpha value is -1.35. The third-order valence-electron chi connectivity index (χ3n) is 2.75. The minimum Gasteiger partial charge on any atom is -0.333 e. The van der Waals surface area contributed by atoms with Gasteiger partial charge in [-0.05, 0) is 59.3 Å². The van der Waals surface area contributed by atoms with Gasteiger partial charge in [-0.25, -0.2) is 0 Å². The summed E-state index contributed by atoms with van der Waals surface area (Å²) in [4.78, 5) is 3.99. The zero-order valence-electron chi connectivity index (χ0n) is 8.03. The van der Waals surface area contributed by atoms with E-state index in [9.17, 15) is 0 Å². The Kier molecular flexibility index (Phi) is 1.99. The summed E-state index contributed by atoms with van der Waals surface area (Å²) in [7, 11) is 0. The highest BCUT2D eigenvalue weighted by atomic mass is 35.5. The molecule has 4 heteroatoms. The largest absolute Gasteiger partial charge is 0.333 e. The van der Waals surface area contributed by atoms with Crippen LogP contribution in [-0.4, -0.2) is 10.1 Å². The van der Waals surface area contributed by atoms with Crippen molar-refractivity contribution in [3.05, 3.63) is 34.6 Å². The van der Waals surface area contributed by atoms with Crippen molar-refractivity contribution in [2.24, 2.45) is 0 Å². The van der Waals surface area contributed by atoms with Crippen molar-refractivity contribution >= 4 is 11.6 Å². The van der Waals surface area contributed by atoms with E-state index in [1.54, 1.807) is 0 Å². The predicted octanol–water partition coefficient (Wildman–Crippen LogP) is 2.88. The van der Waals surface area contributed by atoms with Crippen LogP contribution in [0, 0.1) is 0 Å². The summed E-state index contributed by atoms with van der Waals surface area (Å²) in [6.45, 7) is 0. The van der Waals surface area contributed by atoms with Gasteiger partial charge in [-0.15, -0.1) is 0 Å². The fourth-order valence-corrected chi connectivity index (χ4v) is 2.14. The second kappa shape index (κ2) is 3.35. The molecule has 0 spiro atoms. The maximum atomic E-state index is 5.61. The lowest BCUT2D eigenvalue weighted by molar-refractivity contribution is 0.430. The quantitative estimate of drug-likeness (QED) is 0.742. The second-order valence-corrected chi connectivity index (χ2v) is 4.04. The van der Waals surface area contributed by atoms with E-state index in [0.29, 0.717) is 5.89 Å². The summed E-state index contributed by atoms with van der Waals surface area (Å²) >= 11 is 5.61. The summed E-state index contributed by atoms with van der Waals surface area (Å²) < 4.78 is 5.02. The maximum Gasteiger partial charge on any atom is 0.264 e. The van der Waals surface area contributed by atoms with Crippen molar-refractivity contribution < 1.29 is 4.52 Å². The van der Waals surface area contributed by atoms with Gasteiger partial charge in [-0.1, -0.05) is 6.07 Å². The Morgan fingerprint density at radius 3 is 2.87 bits per heavy atom. The van der Waals surface area contributed by atoms with Crippen molar-refractivity contribution in [2.75, 3.05) is 0 Å². The minimum atomic E-state index is 0.158. The minimum absolute atomic E-state index is 0.158. The maximum absolute atomic E-state index is 5.61. The first kappa shape index (κ1) is 8.92. The highest BCUT2D eigenvalue weighted by Crippen LogP contribution is 2.27. The van der Waals surface area contributed by atoms with Gasteiger partial charge in [0.05, 0.1) is 0 Å². The van der Waals surface area contributed by atoms with E-state index in [4.69, 9.17) is 16.1 Å². The lowest BCUT2D eigenvalue weighted by Gasteiger charge is -1.99. The van der Waals surface area contributed by atoms with E-state index in [-0.39, 0.29) is 5.28 Å². The van der Waals surface area contributed by atoms with Crippen LogP contribution in [-0.2, 0) is 12.8 Å². The first-order valence-electron chi connectivity index (χ1n) is 4.94. The van der Waals surface area contributed by atoms with Gasteiger partial charge in [0.2, 0.25) is 0 Å². The van der Waals surface area contributed by atoms with E-state index >= 15 is 0 Å². The van der Waals surface area contributed by atoms with Gasteiger partial charge in [0.15, 0.2) is 0 Å². The van der Waals surface area contributed by atoms with Gasteiger partial charge in [0.25, 0.3) is 11.2 Å². The molecular formula is C11H9ClN2O. The molecule has 3 nitrogen and oxygen atoms in total. The van der Waals surface area contributed by atoms with Crippen LogP contribution in [0.5, 0.6) is 0 Å². The van der Waals surface area contributed by atoms with Crippen molar-refractivity contribution in [3.63, 3.8) is 0 Å². The van der Waals surface area contributed by atoms with Crippen LogP contribution in [0.15, 0.2) is 22.7 Å². The molecule has 76 valence electrons. The van der Waals surface area contributed by atoms with Gasteiger partial charge in [-0.3, -0.25) is 0 Å². The van der Waals surface area contributed by atoms with Gasteiger partial charge in [-0.2, -0.15) is 4.98 Å². The number of benzene rings is 1. The molecule has 15 heavy (non-hydrogen) atoms. The molecular weight excluding hydrogens is 212 g/mol. The van der Waals surface area contributed by atoms with Crippen LogP contribution < -0.4 is 0 Å². The Morgan fingerprint density at radius 2 is 2.07 bits per heavy atom. The summed E-state index contributed by atoms with van der Waals surface area (Å²) in [5, 5.41) is 3.72. The fourth-order valence-electron chi connectivity index (χ4n) is 2.03. The van der Waals surface area contributed by atoms with E-state index in [1.807, 2.05) is 6.07 Å². The van der Waals surface area contributed by atoms with Crippen molar-refractivity contribution in [3.8, 4) is 11.5 Å². The third-order valence-corrected chi connectivity index (χ3v) is 2.90. The highest BCUT2D eigenvalue weighted by molar-refractivity contribution is 6.28. The average molecular weight is 221 g/mol. The molecule has 0 amide bonds. The molecule has 0 unspecified atom stereocenters. The van der Waals surface area contributed by atoms with Crippen LogP contribution >= 0.6 is 11.6 Å².